The molecule has 4 aromatic rings. The molecule has 184 valence electrons. The van der Waals surface area contributed by atoms with Gasteiger partial charge in [0.25, 0.3) is 5.43 Å². The summed E-state index contributed by atoms with van der Waals surface area (Å²) in [4.78, 5) is 37.4. The Hall–Kier alpha value is -4.77. The van der Waals surface area contributed by atoms with E-state index in [1.165, 1.54) is 6.07 Å². The number of aromatic nitrogens is 2. The Balaban J connectivity index is 0.000000201. The average molecular weight is 511 g/mol. The van der Waals surface area contributed by atoms with Gasteiger partial charge in [-0.05, 0) is 11.1 Å². The minimum atomic E-state index is -0.736. The molecule has 0 aliphatic carbocycles. The van der Waals surface area contributed by atoms with E-state index in [2.05, 4.69) is 9.97 Å². The number of ether oxygens (including phenoxy) is 2. The molecule has 4 rings (SSSR count). The highest BCUT2D eigenvalue weighted by Gasteiger charge is 2.14. The van der Waals surface area contributed by atoms with Gasteiger partial charge < -0.3 is 14.5 Å². The molecule has 0 spiro atoms. The maximum atomic E-state index is 11.4. The number of aromatic amines is 1. The zero-order valence-corrected chi connectivity index (χ0v) is 19.3. The van der Waals surface area contributed by atoms with Crippen molar-refractivity contribution in [1.82, 2.24) is 9.97 Å². The zero-order chi connectivity index (χ0) is 25.9. The fourth-order valence-electron chi connectivity index (χ4n) is 2.76. The Labute approximate surface area is 209 Å². The van der Waals surface area contributed by atoms with E-state index in [0.29, 0.717) is 6.61 Å². The number of hydrogen-bond donors (Lipinski definition) is 1. The van der Waals surface area contributed by atoms with Crippen molar-refractivity contribution in [2.75, 3.05) is 0 Å². The lowest BCUT2D eigenvalue weighted by Gasteiger charge is -2.05. The fraction of sp³-hybridized carbons (Fsp3) is 0.0833. The van der Waals surface area contributed by atoms with Crippen LogP contribution in [0.25, 0.3) is 0 Å². The highest BCUT2D eigenvalue weighted by atomic mass is 35.5. The van der Waals surface area contributed by atoms with Crippen molar-refractivity contribution >= 4 is 23.0 Å². The number of rotatable bonds is 8. The topological polar surface area (TPSA) is 150 Å². The van der Waals surface area contributed by atoms with Crippen LogP contribution in [0.1, 0.15) is 11.1 Å². The summed E-state index contributed by atoms with van der Waals surface area (Å²) in [5.41, 5.74) is 0.512. The van der Waals surface area contributed by atoms with E-state index < -0.39 is 21.0 Å². The molecule has 0 atom stereocenters. The molecule has 0 saturated carbocycles. The third kappa shape index (κ3) is 7.64. The zero-order valence-electron chi connectivity index (χ0n) is 18.6. The lowest BCUT2D eigenvalue weighted by Crippen LogP contribution is -2.09. The molecule has 0 saturated heterocycles. The first-order valence-corrected chi connectivity index (χ1v) is 10.7. The molecule has 2 aromatic heterocycles. The molecule has 11 nitrogen and oxygen atoms in total. The van der Waals surface area contributed by atoms with E-state index in [1.54, 1.807) is 0 Å². The van der Waals surface area contributed by atoms with E-state index in [1.807, 2.05) is 60.7 Å². The van der Waals surface area contributed by atoms with Crippen molar-refractivity contribution in [3.05, 3.63) is 132 Å². The minimum Gasteiger partial charge on any atom is -0.474 e. The van der Waals surface area contributed by atoms with Gasteiger partial charge in [0.2, 0.25) is 5.88 Å². The molecule has 0 aliphatic rings. The Morgan fingerprint density at radius 1 is 0.833 bits per heavy atom. The number of H-pyrrole nitrogens is 1. The SMILES string of the molecule is O=[N+]([O-])c1cnc(OCc2ccccc2)cc1Cl.O=c1cc(OCc2ccccc2)[nH]cc1[N+](=O)[O-]. The lowest BCUT2D eigenvalue weighted by atomic mass is 10.2. The minimum absolute atomic E-state index is 0.0121. The van der Waals surface area contributed by atoms with Gasteiger partial charge in [0.05, 0.1) is 22.1 Å². The molecule has 0 fully saturated rings. The molecule has 2 aromatic carbocycles. The fourth-order valence-corrected chi connectivity index (χ4v) is 2.97. The van der Waals surface area contributed by atoms with Gasteiger partial charge >= 0.3 is 11.4 Å². The summed E-state index contributed by atoms with van der Waals surface area (Å²) in [5, 5.41) is 21.0. The maximum Gasteiger partial charge on any atom is 0.332 e. The van der Waals surface area contributed by atoms with Gasteiger partial charge in [-0.25, -0.2) is 4.98 Å². The Kier molecular flexibility index (Phi) is 9.06. The first kappa shape index (κ1) is 25.8. The number of hydrogen-bond acceptors (Lipinski definition) is 8. The predicted molar refractivity (Wildman–Crippen MR) is 131 cm³/mol. The van der Waals surface area contributed by atoms with Gasteiger partial charge in [0.15, 0.2) is 5.88 Å². The molecule has 0 amide bonds. The summed E-state index contributed by atoms with van der Waals surface area (Å²) in [5.74, 6) is 0.462. The van der Waals surface area contributed by atoms with Crippen LogP contribution in [0.5, 0.6) is 11.8 Å². The van der Waals surface area contributed by atoms with Gasteiger partial charge in [-0.15, -0.1) is 0 Å². The molecule has 0 bridgehead atoms. The van der Waals surface area contributed by atoms with E-state index in [0.717, 1.165) is 29.6 Å². The van der Waals surface area contributed by atoms with E-state index >= 15 is 0 Å². The molecule has 12 heteroatoms. The summed E-state index contributed by atoms with van der Waals surface area (Å²) in [6.07, 6.45) is 2.12. The second kappa shape index (κ2) is 12.6. The summed E-state index contributed by atoms with van der Waals surface area (Å²) in [6.45, 7) is 0.622. The quantitative estimate of drug-likeness (QED) is 0.254. The van der Waals surface area contributed by atoms with Gasteiger partial charge in [0, 0.05) is 6.07 Å². The van der Waals surface area contributed by atoms with Crippen molar-refractivity contribution < 1.29 is 19.3 Å². The molecule has 0 radical (unpaired) electrons. The average Bonchev–Trinajstić information content (AvgIpc) is 2.87. The van der Waals surface area contributed by atoms with Gasteiger partial charge in [-0.2, -0.15) is 0 Å². The van der Waals surface area contributed by atoms with Crippen molar-refractivity contribution in [2.24, 2.45) is 0 Å². The number of halogens is 1. The van der Waals surface area contributed by atoms with Crippen LogP contribution in [0, 0.1) is 20.2 Å². The highest BCUT2D eigenvalue weighted by molar-refractivity contribution is 6.32. The maximum absolute atomic E-state index is 11.4. The standard InChI is InChI=1S/C12H9ClN2O3.C12H10N2O4/c13-10-6-12(14-7-11(10)15(16)17)18-8-9-4-2-1-3-5-9;15-11-6-12(13-7-10(11)14(16)17)18-8-9-4-2-1-3-5-9/h1-7H,8H2;1-7H,8H2,(H,13,15). The number of nitrogens with one attached hydrogen (secondary N) is 1. The number of nitrogens with zero attached hydrogens (tertiary/aromatic N) is 3. The third-order valence-corrected chi connectivity index (χ3v) is 4.84. The molecule has 1 N–H and O–H groups in total. The second-order valence-electron chi connectivity index (χ2n) is 7.08. The number of benzene rings is 2. The Bertz CT molecular complexity index is 1380. The molecule has 36 heavy (non-hydrogen) atoms. The lowest BCUT2D eigenvalue weighted by molar-refractivity contribution is -0.386. The Morgan fingerprint density at radius 3 is 1.89 bits per heavy atom. The van der Waals surface area contributed by atoms with Crippen LogP contribution in [0.15, 0.2) is 90.0 Å². The van der Waals surface area contributed by atoms with Crippen molar-refractivity contribution in [2.45, 2.75) is 13.2 Å². The second-order valence-corrected chi connectivity index (χ2v) is 7.49. The first-order chi connectivity index (χ1) is 17.3. The predicted octanol–water partition coefficient (Wildman–Crippen LogP) is 5.08. The van der Waals surface area contributed by atoms with E-state index in [9.17, 15) is 25.0 Å². The molecular formula is C24H19ClN4O7. The van der Waals surface area contributed by atoms with Crippen LogP contribution >= 0.6 is 11.6 Å². The van der Waals surface area contributed by atoms with Crippen LogP contribution in [0.4, 0.5) is 11.4 Å². The first-order valence-electron chi connectivity index (χ1n) is 10.3. The molecule has 0 unspecified atom stereocenters. The summed E-state index contributed by atoms with van der Waals surface area (Å²) >= 11 is 5.74. The van der Waals surface area contributed by atoms with Crippen molar-refractivity contribution in [3.63, 3.8) is 0 Å². The molecule has 2 heterocycles. The highest BCUT2D eigenvalue weighted by Crippen LogP contribution is 2.26. The van der Waals surface area contributed by atoms with Crippen LogP contribution in [0.3, 0.4) is 0 Å². The van der Waals surface area contributed by atoms with Crippen LogP contribution < -0.4 is 14.9 Å². The van der Waals surface area contributed by atoms with Gasteiger partial charge in [-0.1, -0.05) is 72.3 Å². The van der Waals surface area contributed by atoms with Gasteiger partial charge in [0.1, 0.15) is 24.4 Å². The van der Waals surface area contributed by atoms with Crippen molar-refractivity contribution in [3.8, 4) is 11.8 Å². The number of nitro groups is 2. The molecule has 0 aliphatic heterocycles. The number of pyridine rings is 2. The monoisotopic (exact) mass is 510 g/mol. The van der Waals surface area contributed by atoms with Crippen LogP contribution in [-0.4, -0.2) is 19.8 Å². The largest absolute Gasteiger partial charge is 0.474 e. The van der Waals surface area contributed by atoms with Crippen molar-refractivity contribution in [1.29, 1.82) is 0 Å². The van der Waals surface area contributed by atoms with Crippen LogP contribution in [0.2, 0.25) is 5.02 Å². The van der Waals surface area contributed by atoms with Crippen LogP contribution in [-0.2, 0) is 13.2 Å². The normalized spacial score (nSPS) is 10.0. The van der Waals surface area contributed by atoms with E-state index in [4.69, 9.17) is 21.1 Å². The Morgan fingerprint density at radius 2 is 1.39 bits per heavy atom. The third-order valence-electron chi connectivity index (χ3n) is 4.53. The summed E-state index contributed by atoms with van der Waals surface area (Å²) < 4.78 is 10.7. The summed E-state index contributed by atoms with van der Waals surface area (Å²) in [6, 6.07) is 21.3. The molecular weight excluding hydrogens is 492 g/mol. The van der Waals surface area contributed by atoms with E-state index in [-0.39, 0.29) is 29.1 Å². The van der Waals surface area contributed by atoms with Gasteiger partial charge in [-0.3, -0.25) is 25.0 Å². The summed E-state index contributed by atoms with van der Waals surface area (Å²) in [7, 11) is 0. The smallest absolute Gasteiger partial charge is 0.332 e.